The number of carbonyl (C=O) groups is 2. The molecule has 1 unspecified atom stereocenters. The summed E-state index contributed by atoms with van der Waals surface area (Å²) in [7, 11) is 1.55. The van der Waals surface area contributed by atoms with Gasteiger partial charge in [0.05, 0.1) is 31.8 Å². The van der Waals surface area contributed by atoms with Gasteiger partial charge in [-0.05, 0) is 0 Å². The molecule has 1 saturated heterocycles. The molecule has 0 aromatic carbocycles. The summed E-state index contributed by atoms with van der Waals surface area (Å²) in [5.41, 5.74) is 0. The second kappa shape index (κ2) is 7.30. The molecule has 0 aromatic rings. The van der Waals surface area contributed by atoms with Crippen LogP contribution in [0.4, 0.5) is 0 Å². The number of hydrogen-bond donors (Lipinski definition) is 3. The summed E-state index contributed by atoms with van der Waals surface area (Å²) < 4.78 is 4.89. The van der Waals surface area contributed by atoms with Gasteiger partial charge in [-0.1, -0.05) is 0 Å². The molecule has 1 aliphatic heterocycles. The Hall–Kier alpha value is -1.18. The molecule has 0 aliphatic carbocycles. The van der Waals surface area contributed by atoms with E-state index in [0.717, 1.165) is 0 Å². The maximum atomic E-state index is 11.8. The molecule has 0 spiro atoms. The van der Waals surface area contributed by atoms with Crippen LogP contribution in [0.25, 0.3) is 0 Å². The van der Waals surface area contributed by atoms with Gasteiger partial charge in [0.1, 0.15) is 0 Å². The first-order valence-corrected chi connectivity index (χ1v) is 5.91. The Morgan fingerprint density at radius 3 is 2.78 bits per heavy atom. The fraction of sp³-hybridized carbons (Fsp3) is 0.818. The highest BCUT2D eigenvalue weighted by Crippen LogP contribution is 2.17. The van der Waals surface area contributed by atoms with Crippen molar-refractivity contribution in [2.75, 3.05) is 40.0 Å². The second-order valence-corrected chi connectivity index (χ2v) is 4.30. The van der Waals surface area contributed by atoms with E-state index in [1.54, 1.807) is 12.0 Å². The Labute approximate surface area is 106 Å². The van der Waals surface area contributed by atoms with E-state index in [2.05, 4.69) is 5.32 Å². The minimum atomic E-state index is -0.666. The maximum absolute atomic E-state index is 11.8. The van der Waals surface area contributed by atoms with Crippen LogP contribution in [-0.4, -0.2) is 73.0 Å². The van der Waals surface area contributed by atoms with E-state index in [-0.39, 0.29) is 31.4 Å². The molecule has 0 saturated carbocycles. The van der Waals surface area contributed by atoms with Gasteiger partial charge in [0, 0.05) is 26.6 Å². The normalized spacial score (nSPS) is 19.7. The van der Waals surface area contributed by atoms with E-state index in [1.807, 2.05) is 0 Å². The minimum Gasteiger partial charge on any atom is -0.394 e. The largest absolute Gasteiger partial charge is 0.394 e. The van der Waals surface area contributed by atoms with Gasteiger partial charge in [0.2, 0.25) is 11.8 Å². The van der Waals surface area contributed by atoms with Crippen molar-refractivity contribution in [2.45, 2.75) is 12.5 Å². The number of nitrogens with zero attached hydrogens (tertiary/aromatic N) is 1. The Kier molecular flexibility index (Phi) is 6.03. The van der Waals surface area contributed by atoms with E-state index >= 15 is 0 Å². The smallest absolute Gasteiger partial charge is 0.225 e. The van der Waals surface area contributed by atoms with Crippen LogP contribution >= 0.6 is 0 Å². The Bertz CT molecular complexity index is 293. The lowest BCUT2D eigenvalue weighted by Gasteiger charge is -2.18. The molecule has 1 rings (SSSR count). The number of aliphatic hydroxyl groups is 2. The number of hydrogen-bond acceptors (Lipinski definition) is 5. The quantitative estimate of drug-likeness (QED) is 0.489. The lowest BCUT2D eigenvalue weighted by molar-refractivity contribution is -0.129. The zero-order chi connectivity index (χ0) is 13.5. The molecule has 3 N–H and O–H groups in total. The van der Waals surface area contributed by atoms with Crippen LogP contribution in [0.15, 0.2) is 0 Å². The molecule has 0 radical (unpaired) electrons. The highest BCUT2D eigenvalue weighted by atomic mass is 16.5. The number of aliphatic hydroxyl groups excluding tert-OH is 2. The van der Waals surface area contributed by atoms with Crippen LogP contribution in [0, 0.1) is 5.92 Å². The number of likely N-dealkylation sites (tertiary alicyclic amines) is 1. The summed E-state index contributed by atoms with van der Waals surface area (Å²) in [5, 5.41) is 20.2. The van der Waals surface area contributed by atoms with Crippen molar-refractivity contribution in [1.82, 2.24) is 10.2 Å². The Balaban J connectivity index is 2.44. The molecule has 0 aromatic heterocycles. The Morgan fingerprint density at radius 1 is 1.56 bits per heavy atom. The first-order chi connectivity index (χ1) is 8.62. The standard InChI is InChI=1S/C11H20N2O5/c1-18-3-2-13-5-8(4-10(13)16)11(17)12-9(6-14)7-15/h8-9,14-15H,2-7H2,1H3,(H,12,17). The molecule has 2 amide bonds. The third-order valence-corrected chi connectivity index (χ3v) is 2.94. The second-order valence-electron chi connectivity index (χ2n) is 4.30. The van der Waals surface area contributed by atoms with Gasteiger partial charge in [0.25, 0.3) is 0 Å². The van der Waals surface area contributed by atoms with Crippen LogP contribution in [0.5, 0.6) is 0 Å². The lowest BCUT2D eigenvalue weighted by atomic mass is 10.1. The van der Waals surface area contributed by atoms with Crippen LogP contribution < -0.4 is 5.32 Å². The molecule has 0 bridgehead atoms. The molecule has 1 aliphatic rings. The number of nitrogens with one attached hydrogen (secondary N) is 1. The van der Waals surface area contributed by atoms with Gasteiger partial charge in [0.15, 0.2) is 0 Å². The van der Waals surface area contributed by atoms with Crippen molar-refractivity contribution in [1.29, 1.82) is 0 Å². The van der Waals surface area contributed by atoms with Gasteiger partial charge < -0.3 is 25.2 Å². The molecular weight excluding hydrogens is 240 g/mol. The van der Waals surface area contributed by atoms with Gasteiger partial charge >= 0.3 is 0 Å². The number of rotatable bonds is 7. The molecule has 7 heteroatoms. The van der Waals surface area contributed by atoms with Crippen molar-refractivity contribution >= 4 is 11.8 Å². The number of amides is 2. The van der Waals surface area contributed by atoms with Gasteiger partial charge in [-0.3, -0.25) is 9.59 Å². The fourth-order valence-corrected chi connectivity index (χ4v) is 1.83. The van der Waals surface area contributed by atoms with Crippen LogP contribution in [0.2, 0.25) is 0 Å². The molecule has 18 heavy (non-hydrogen) atoms. The zero-order valence-corrected chi connectivity index (χ0v) is 10.5. The highest BCUT2D eigenvalue weighted by molar-refractivity contribution is 5.89. The van der Waals surface area contributed by atoms with E-state index in [9.17, 15) is 9.59 Å². The monoisotopic (exact) mass is 260 g/mol. The maximum Gasteiger partial charge on any atom is 0.225 e. The predicted octanol–water partition coefficient (Wildman–Crippen LogP) is -2.05. The number of methoxy groups -OCH3 is 1. The van der Waals surface area contributed by atoms with Crippen LogP contribution in [0.3, 0.4) is 0 Å². The van der Waals surface area contributed by atoms with Gasteiger partial charge in [-0.25, -0.2) is 0 Å². The predicted molar refractivity (Wildman–Crippen MR) is 62.7 cm³/mol. The van der Waals surface area contributed by atoms with Gasteiger partial charge in [-0.2, -0.15) is 0 Å². The molecular formula is C11H20N2O5. The molecule has 7 nitrogen and oxygen atoms in total. The molecule has 1 heterocycles. The average molecular weight is 260 g/mol. The van der Waals surface area contributed by atoms with Crippen molar-refractivity contribution < 1.29 is 24.5 Å². The van der Waals surface area contributed by atoms with Crippen molar-refractivity contribution in [3.8, 4) is 0 Å². The summed E-state index contributed by atoms with van der Waals surface area (Å²) in [5.74, 6) is -0.803. The van der Waals surface area contributed by atoms with E-state index in [1.165, 1.54) is 0 Å². The zero-order valence-electron chi connectivity index (χ0n) is 10.5. The molecule has 104 valence electrons. The van der Waals surface area contributed by atoms with E-state index in [0.29, 0.717) is 19.7 Å². The van der Waals surface area contributed by atoms with Crippen molar-refractivity contribution in [3.63, 3.8) is 0 Å². The summed E-state index contributed by atoms with van der Waals surface area (Å²) >= 11 is 0. The van der Waals surface area contributed by atoms with Gasteiger partial charge in [-0.15, -0.1) is 0 Å². The number of carbonyl (C=O) groups excluding carboxylic acids is 2. The lowest BCUT2D eigenvalue weighted by Crippen LogP contribution is -2.43. The average Bonchev–Trinajstić information content (AvgIpc) is 2.74. The summed E-state index contributed by atoms with van der Waals surface area (Å²) in [6, 6.07) is -0.666. The SMILES string of the molecule is COCCN1CC(C(=O)NC(CO)CO)CC1=O. The molecule has 1 fully saturated rings. The van der Waals surface area contributed by atoms with Crippen molar-refractivity contribution in [2.24, 2.45) is 5.92 Å². The first-order valence-electron chi connectivity index (χ1n) is 5.91. The summed E-state index contributed by atoms with van der Waals surface area (Å²) in [6.07, 6.45) is 0.166. The molecule has 1 atom stereocenters. The first kappa shape index (κ1) is 14.9. The fourth-order valence-electron chi connectivity index (χ4n) is 1.83. The minimum absolute atomic E-state index is 0.0725. The third-order valence-electron chi connectivity index (χ3n) is 2.94. The van der Waals surface area contributed by atoms with Crippen LogP contribution in [0.1, 0.15) is 6.42 Å². The Morgan fingerprint density at radius 2 is 2.22 bits per heavy atom. The summed E-state index contributed by atoms with van der Waals surface area (Å²) in [4.78, 5) is 25.0. The summed E-state index contributed by atoms with van der Waals surface area (Å²) in [6.45, 7) is 0.628. The third kappa shape index (κ3) is 3.94. The van der Waals surface area contributed by atoms with Crippen molar-refractivity contribution in [3.05, 3.63) is 0 Å². The van der Waals surface area contributed by atoms with Crippen LogP contribution in [-0.2, 0) is 14.3 Å². The topological polar surface area (TPSA) is 99.1 Å². The number of ether oxygens (including phenoxy) is 1. The highest BCUT2D eigenvalue weighted by Gasteiger charge is 2.34. The van der Waals surface area contributed by atoms with E-state index in [4.69, 9.17) is 14.9 Å². The van der Waals surface area contributed by atoms with E-state index < -0.39 is 12.0 Å².